The molecule has 0 fully saturated rings. The van der Waals surface area contributed by atoms with Gasteiger partial charge in [0.05, 0.1) is 0 Å². The summed E-state index contributed by atoms with van der Waals surface area (Å²) in [6.07, 6.45) is 4.35. The lowest BCUT2D eigenvalue weighted by Crippen LogP contribution is -2.32. The van der Waals surface area contributed by atoms with Gasteiger partial charge in [0, 0.05) is 24.5 Å². The van der Waals surface area contributed by atoms with Gasteiger partial charge in [0.15, 0.2) is 0 Å². The van der Waals surface area contributed by atoms with Gasteiger partial charge in [0.25, 0.3) is 5.91 Å². The summed E-state index contributed by atoms with van der Waals surface area (Å²) in [7, 11) is 0. The standard InChI is InChI=1S/C16H24ClNO/c1-3-5-11-18(12-6-4-2)16(19)15-9-7-14(13-17)8-10-15/h7-10H,3-6,11-13H2,1-2H3. The third kappa shape index (κ3) is 5.23. The monoisotopic (exact) mass is 281 g/mol. The molecule has 0 radical (unpaired) electrons. The summed E-state index contributed by atoms with van der Waals surface area (Å²) in [5.74, 6) is 0.632. The number of amides is 1. The summed E-state index contributed by atoms with van der Waals surface area (Å²) in [6, 6.07) is 7.62. The van der Waals surface area contributed by atoms with Crippen LogP contribution in [0.25, 0.3) is 0 Å². The van der Waals surface area contributed by atoms with Crippen molar-refractivity contribution in [2.75, 3.05) is 13.1 Å². The van der Waals surface area contributed by atoms with Gasteiger partial charge in [0.2, 0.25) is 0 Å². The van der Waals surface area contributed by atoms with E-state index in [2.05, 4.69) is 13.8 Å². The molecular formula is C16H24ClNO. The molecule has 0 saturated carbocycles. The van der Waals surface area contributed by atoms with Gasteiger partial charge >= 0.3 is 0 Å². The van der Waals surface area contributed by atoms with E-state index in [0.717, 1.165) is 49.9 Å². The fraction of sp³-hybridized carbons (Fsp3) is 0.562. The maximum absolute atomic E-state index is 12.4. The molecule has 0 spiro atoms. The van der Waals surface area contributed by atoms with Crippen LogP contribution in [0.3, 0.4) is 0 Å². The molecule has 1 aromatic carbocycles. The molecule has 1 rings (SSSR count). The Hall–Kier alpha value is -1.02. The van der Waals surface area contributed by atoms with E-state index in [4.69, 9.17) is 11.6 Å². The Labute approximate surface area is 121 Å². The lowest BCUT2D eigenvalue weighted by atomic mass is 10.1. The van der Waals surface area contributed by atoms with Gasteiger partial charge in [0.1, 0.15) is 0 Å². The highest BCUT2D eigenvalue weighted by Gasteiger charge is 2.14. The maximum atomic E-state index is 12.4. The number of halogens is 1. The fourth-order valence-corrected chi connectivity index (χ4v) is 2.11. The number of unbranched alkanes of at least 4 members (excludes halogenated alkanes) is 2. The normalized spacial score (nSPS) is 10.5. The van der Waals surface area contributed by atoms with Crippen LogP contribution in [0.2, 0.25) is 0 Å². The van der Waals surface area contributed by atoms with Crippen molar-refractivity contribution in [3.63, 3.8) is 0 Å². The van der Waals surface area contributed by atoms with Crippen LogP contribution >= 0.6 is 11.6 Å². The molecule has 1 aromatic rings. The highest BCUT2D eigenvalue weighted by molar-refractivity contribution is 6.17. The molecule has 3 heteroatoms. The molecular weight excluding hydrogens is 258 g/mol. The van der Waals surface area contributed by atoms with Gasteiger partial charge in [-0.2, -0.15) is 0 Å². The number of hydrogen-bond donors (Lipinski definition) is 0. The third-order valence-corrected chi connectivity index (χ3v) is 3.51. The van der Waals surface area contributed by atoms with Gasteiger partial charge in [-0.3, -0.25) is 4.79 Å². The number of alkyl halides is 1. The average molecular weight is 282 g/mol. The van der Waals surface area contributed by atoms with Crippen molar-refractivity contribution < 1.29 is 4.79 Å². The molecule has 2 nitrogen and oxygen atoms in total. The second kappa shape index (κ2) is 8.98. The van der Waals surface area contributed by atoms with E-state index in [1.165, 1.54) is 0 Å². The average Bonchev–Trinajstić information content (AvgIpc) is 2.47. The molecule has 0 aromatic heterocycles. The predicted molar refractivity (Wildman–Crippen MR) is 81.7 cm³/mol. The maximum Gasteiger partial charge on any atom is 0.253 e. The van der Waals surface area contributed by atoms with E-state index < -0.39 is 0 Å². The lowest BCUT2D eigenvalue weighted by molar-refractivity contribution is 0.0751. The first-order valence-electron chi connectivity index (χ1n) is 7.17. The molecule has 0 aliphatic carbocycles. The molecule has 0 atom stereocenters. The minimum atomic E-state index is 0.142. The van der Waals surface area contributed by atoms with E-state index in [9.17, 15) is 4.79 Å². The van der Waals surface area contributed by atoms with Crippen LogP contribution in [0.1, 0.15) is 55.5 Å². The van der Waals surface area contributed by atoms with Gasteiger partial charge in [-0.15, -0.1) is 11.6 Å². The van der Waals surface area contributed by atoms with Gasteiger partial charge in [-0.05, 0) is 30.5 Å². The fourth-order valence-electron chi connectivity index (χ4n) is 1.93. The Morgan fingerprint density at radius 2 is 1.58 bits per heavy atom. The van der Waals surface area contributed by atoms with Crippen LogP contribution in [0.5, 0.6) is 0 Å². The van der Waals surface area contributed by atoms with Crippen LogP contribution in [0, 0.1) is 0 Å². The first-order valence-corrected chi connectivity index (χ1v) is 7.70. The first kappa shape index (κ1) is 16.0. The molecule has 0 unspecified atom stereocenters. The summed E-state index contributed by atoms with van der Waals surface area (Å²) >= 11 is 5.76. The van der Waals surface area contributed by atoms with Crippen molar-refractivity contribution in [3.8, 4) is 0 Å². The summed E-state index contributed by atoms with van der Waals surface area (Å²) in [6.45, 7) is 6.01. The number of benzene rings is 1. The Kier molecular flexibility index (Phi) is 7.57. The Morgan fingerprint density at radius 3 is 2.00 bits per heavy atom. The molecule has 0 aliphatic heterocycles. The van der Waals surface area contributed by atoms with E-state index in [1.54, 1.807) is 0 Å². The van der Waals surface area contributed by atoms with Crippen LogP contribution < -0.4 is 0 Å². The minimum Gasteiger partial charge on any atom is -0.339 e. The van der Waals surface area contributed by atoms with Crippen LogP contribution in [-0.2, 0) is 5.88 Å². The number of nitrogens with zero attached hydrogens (tertiary/aromatic N) is 1. The van der Waals surface area contributed by atoms with Crippen LogP contribution in [-0.4, -0.2) is 23.9 Å². The van der Waals surface area contributed by atoms with Gasteiger partial charge in [-0.25, -0.2) is 0 Å². The van der Waals surface area contributed by atoms with Crippen molar-refractivity contribution in [1.29, 1.82) is 0 Å². The minimum absolute atomic E-state index is 0.142. The van der Waals surface area contributed by atoms with Crippen molar-refractivity contribution in [3.05, 3.63) is 35.4 Å². The number of carbonyl (C=O) groups is 1. The second-order valence-corrected chi connectivity index (χ2v) is 5.10. The third-order valence-electron chi connectivity index (χ3n) is 3.21. The summed E-state index contributed by atoms with van der Waals surface area (Å²) in [4.78, 5) is 14.4. The SMILES string of the molecule is CCCCN(CCCC)C(=O)c1ccc(CCl)cc1. The van der Waals surface area contributed by atoms with E-state index in [1.807, 2.05) is 29.2 Å². The number of hydrogen-bond acceptors (Lipinski definition) is 1. The molecule has 0 bridgehead atoms. The molecule has 106 valence electrons. The molecule has 1 amide bonds. The molecule has 0 N–H and O–H groups in total. The predicted octanol–water partition coefficient (Wildman–Crippen LogP) is 4.47. The van der Waals surface area contributed by atoms with Gasteiger partial charge in [-0.1, -0.05) is 38.8 Å². The summed E-state index contributed by atoms with van der Waals surface area (Å²) in [5, 5.41) is 0. The van der Waals surface area contributed by atoms with Crippen LogP contribution in [0.15, 0.2) is 24.3 Å². The summed E-state index contributed by atoms with van der Waals surface area (Å²) < 4.78 is 0. The zero-order valence-electron chi connectivity index (χ0n) is 12.0. The first-order chi connectivity index (χ1) is 9.22. The molecule has 0 heterocycles. The summed E-state index contributed by atoms with van der Waals surface area (Å²) in [5.41, 5.74) is 1.81. The van der Waals surface area contributed by atoms with Crippen molar-refractivity contribution >= 4 is 17.5 Å². The molecule has 0 saturated heterocycles. The molecule has 19 heavy (non-hydrogen) atoms. The number of carbonyl (C=O) groups excluding carboxylic acids is 1. The van der Waals surface area contributed by atoms with Gasteiger partial charge < -0.3 is 4.90 Å². The lowest BCUT2D eigenvalue weighted by Gasteiger charge is -2.22. The Bertz CT molecular complexity index is 367. The molecule has 0 aliphatic rings. The van der Waals surface area contributed by atoms with E-state index >= 15 is 0 Å². The second-order valence-electron chi connectivity index (χ2n) is 4.83. The van der Waals surface area contributed by atoms with Crippen LogP contribution in [0.4, 0.5) is 0 Å². The van der Waals surface area contributed by atoms with E-state index in [-0.39, 0.29) is 5.91 Å². The Balaban J connectivity index is 2.72. The number of rotatable bonds is 8. The van der Waals surface area contributed by atoms with Crippen molar-refractivity contribution in [2.45, 2.75) is 45.4 Å². The van der Waals surface area contributed by atoms with Crippen molar-refractivity contribution in [1.82, 2.24) is 4.90 Å². The zero-order chi connectivity index (χ0) is 14.1. The Morgan fingerprint density at radius 1 is 1.05 bits per heavy atom. The quantitative estimate of drug-likeness (QED) is 0.644. The zero-order valence-corrected chi connectivity index (χ0v) is 12.7. The van der Waals surface area contributed by atoms with Crippen molar-refractivity contribution in [2.24, 2.45) is 0 Å². The smallest absolute Gasteiger partial charge is 0.253 e. The highest BCUT2D eigenvalue weighted by Crippen LogP contribution is 2.11. The largest absolute Gasteiger partial charge is 0.339 e. The highest BCUT2D eigenvalue weighted by atomic mass is 35.5. The van der Waals surface area contributed by atoms with E-state index in [0.29, 0.717) is 5.88 Å². The topological polar surface area (TPSA) is 20.3 Å².